The number of rotatable bonds is 11. The molecule has 34 heavy (non-hydrogen) atoms. The van der Waals surface area contributed by atoms with Gasteiger partial charge in [-0.05, 0) is 59.5 Å². The molecule has 1 amide bonds. The van der Waals surface area contributed by atoms with Crippen LogP contribution in [0.25, 0.3) is 16.3 Å². The Kier molecular flexibility index (Phi) is 8.86. The van der Waals surface area contributed by atoms with Crippen LogP contribution in [0.15, 0.2) is 66.7 Å². The van der Waals surface area contributed by atoms with Crippen molar-refractivity contribution in [1.82, 2.24) is 0 Å². The van der Waals surface area contributed by atoms with E-state index in [1.54, 1.807) is 12.1 Å². The standard InChI is InChI=1S/C29H34N2O3/c1-4-5-6-7-10-17-31(3)25-15-16-27(26(20-25)29(33)34)30-28(32)18-21(2)23-14-13-22-11-8-9-12-24(22)19-23/h8-9,11-16,18-20H,4-7,10,17H2,1-3H3,(H,30,32)(H,33,34)/b21-18-. The number of carboxylic acids is 1. The molecule has 0 heterocycles. The molecule has 5 heteroatoms. The lowest BCUT2D eigenvalue weighted by atomic mass is 10.0. The molecule has 0 radical (unpaired) electrons. The van der Waals surface area contributed by atoms with Crippen molar-refractivity contribution in [2.24, 2.45) is 0 Å². The van der Waals surface area contributed by atoms with E-state index < -0.39 is 5.97 Å². The number of fused-ring (bicyclic) bond motifs is 1. The first-order chi connectivity index (χ1) is 16.4. The minimum Gasteiger partial charge on any atom is -0.478 e. The van der Waals surface area contributed by atoms with Crippen LogP contribution in [-0.4, -0.2) is 30.6 Å². The maximum atomic E-state index is 12.7. The van der Waals surface area contributed by atoms with Gasteiger partial charge in [0, 0.05) is 25.4 Å². The molecule has 0 atom stereocenters. The highest BCUT2D eigenvalue weighted by atomic mass is 16.4. The van der Waals surface area contributed by atoms with Gasteiger partial charge in [-0.15, -0.1) is 0 Å². The van der Waals surface area contributed by atoms with Gasteiger partial charge in [-0.2, -0.15) is 0 Å². The van der Waals surface area contributed by atoms with Gasteiger partial charge in [0.1, 0.15) is 0 Å². The number of hydrogen-bond donors (Lipinski definition) is 2. The number of carbonyl (C=O) groups is 2. The Morgan fingerprint density at radius 1 is 0.941 bits per heavy atom. The number of amides is 1. The fourth-order valence-corrected chi connectivity index (χ4v) is 4.02. The van der Waals surface area contributed by atoms with E-state index in [2.05, 4.69) is 17.1 Å². The molecule has 0 unspecified atom stereocenters. The maximum absolute atomic E-state index is 12.7. The molecule has 0 saturated carbocycles. The number of carboxylic acid groups (broad SMARTS) is 1. The van der Waals surface area contributed by atoms with Crippen LogP contribution in [0.4, 0.5) is 11.4 Å². The van der Waals surface area contributed by atoms with Crippen molar-refractivity contribution in [3.8, 4) is 0 Å². The first-order valence-electron chi connectivity index (χ1n) is 12.0. The summed E-state index contributed by atoms with van der Waals surface area (Å²) in [6.45, 7) is 4.93. The van der Waals surface area contributed by atoms with Gasteiger partial charge in [-0.3, -0.25) is 4.79 Å². The first kappa shape index (κ1) is 25.0. The lowest BCUT2D eigenvalue weighted by Gasteiger charge is -2.20. The number of carbonyl (C=O) groups excluding carboxylic acids is 1. The summed E-state index contributed by atoms with van der Waals surface area (Å²) in [5, 5.41) is 14.7. The van der Waals surface area contributed by atoms with E-state index >= 15 is 0 Å². The van der Waals surface area contributed by atoms with Crippen LogP contribution in [-0.2, 0) is 4.79 Å². The molecule has 5 nitrogen and oxygen atoms in total. The van der Waals surface area contributed by atoms with Crippen LogP contribution in [0.2, 0.25) is 0 Å². The number of allylic oxidation sites excluding steroid dienone is 1. The number of aromatic carboxylic acids is 1. The second-order valence-corrected chi connectivity index (χ2v) is 8.75. The Morgan fingerprint density at radius 3 is 2.41 bits per heavy atom. The van der Waals surface area contributed by atoms with Gasteiger partial charge < -0.3 is 15.3 Å². The average molecular weight is 459 g/mol. The molecule has 3 aromatic carbocycles. The van der Waals surface area contributed by atoms with Crippen molar-refractivity contribution in [1.29, 1.82) is 0 Å². The summed E-state index contributed by atoms with van der Waals surface area (Å²) in [6.07, 6.45) is 7.42. The number of unbranched alkanes of at least 4 members (excludes halogenated alkanes) is 4. The van der Waals surface area contributed by atoms with Gasteiger partial charge in [0.2, 0.25) is 5.91 Å². The third-order valence-electron chi connectivity index (χ3n) is 6.08. The van der Waals surface area contributed by atoms with Crippen molar-refractivity contribution in [2.45, 2.75) is 46.0 Å². The van der Waals surface area contributed by atoms with Gasteiger partial charge >= 0.3 is 5.97 Å². The summed E-state index contributed by atoms with van der Waals surface area (Å²) in [4.78, 5) is 26.6. The second kappa shape index (κ2) is 12.0. The fourth-order valence-electron chi connectivity index (χ4n) is 4.02. The maximum Gasteiger partial charge on any atom is 0.337 e. The quantitative estimate of drug-likeness (QED) is 0.240. The summed E-state index contributed by atoms with van der Waals surface area (Å²) in [5.74, 6) is -1.42. The number of hydrogen-bond acceptors (Lipinski definition) is 3. The minimum absolute atomic E-state index is 0.0837. The highest BCUT2D eigenvalue weighted by Crippen LogP contribution is 2.25. The molecule has 0 bridgehead atoms. The van der Waals surface area contributed by atoms with Crippen molar-refractivity contribution < 1.29 is 14.7 Å². The van der Waals surface area contributed by atoms with Gasteiger partial charge in [0.05, 0.1) is 11.3 Å². The summed E-state index contributed by atoms with van der Waals surface area (Å²) in [7, 11) is 1.97. The third kappa shape index (κ3) is 6.70. The van der Waals surface area contributed by atoms with Gasteiger partial charge in [0.25, 0.3) is 0 Å². The minimum atomic E-state index is -1.07. The molecule has 2 N–H and O–H groups in total. The number of nitrogens with one attached hydrogen (secondary N) is 1. The van der Waals surface area contributed by atoms with Crippen LogP contribution < -0.4 is 10.2 Å². The number of anilines is 2. The van der Waals surface area contributed by atoms with E-state index in [4.69, 9.17) is 0 Å². The monoisotopic (exact) mass is 458 g/mol. The zero-order chi connectivity index (χ0) is 24.5. The smallest absolute Gasteiger partial charge is 0.337 e. The van der Waals surface area contributed by atoms with Crippen LogP contribution in [0, 0.1) is 0 Å². The van der Waals surface area contributed by atoms with Crippen LogP contribution >= 0.6 is 0 Å². The molecular weight excluding hydrogens is 424 g/mol. The molecule has 0 aliphatic heterocycles. The van der Waals surface area contributed by atoms with Gasteiger partial charge in [0.15, 0.2) is 0 Å². The Balaban J connectivity index is 1.70. The second-order valence-electron chi connectivity index (χ2n) is 8.75. The molecule has 0 aliphatic carbocycles. The first-order valence-corrected chi connectivity index (χ1v) is 12.0. The van der Waals surface area contributed by atoms with Crippen LogP contribution in [0.5, 0.6) is 0 Å². The van der Waals surface area contributed by atoms with Crippen molar-refractivity contribution >= 4 is 39.6 Å². The molecular formula is C29H34N2O3. The Morgan fingerprint density at radius 2 is 1.68 bits per heavy atom. The predicted molar refractivity (Wildman–Crippen MR) is 142 cm³/mol. The largest absolute Gasteiger partial charge is 0.478 e. The molecule has 0 aromatic heterocycles. The van der Waals surface area contributed by atoms with E-state index in [0.717, 1.165) is 40.6 Å². The highest BCUT2D eigenvalue weighted by molar-refractivity contribution is 6.07. The highest BCUT2D eigenvalue weighted by Gasteiger charge is 2.14. The van der Waals surface area contributed by atoms with E-state index in [1.807, 2.05) is 62.5 Å². The lowest BCUT2D eigenvalue weighted by Crippen LogP contribution is -2.19. The van der Waals surface area contributed by atoms with Crippen LogP contribution in [0.1, 0.15) is 61.9 Å². The van der Waals surface area contributed by atoms with Crippen molar-refractivity contribution in [3.63, 3.8) is 0 Å². The average Bonchev–Trinajstić information content (AvgIpc) is 2.83. The molecule has 3 rings (SSSR count). The van der Waals surface area contributed by atoms with Crippen LogP contribution in [0.3, 0.4) is 0 Å². The zero-order valence-corrected chi connectivity index (χ0v) is 20.3. The summed E-state index contributed by atoms with van der Waals surface area (Å²) in [6, 6.07) is 19.3. The Labute approximate surface area is 202 Å². The topological polar surface area (TPSA) is 69.6 Å². The van der Waals surface area contributed by atoms with Crippen molar-refractivity contribution in [3.05, 3.63) is 77.9 Å². The van der Waals surface area contributed by atoms with Crippen molar-refractivity contribution in [2.75, 3.05) is 23.8 Å². The summed E-state index contributed by atoms with van der Waals surface area (Å²) < 4.78 is 0. The van der Waals surface area contributed by atoms with E-state index in [0.29, 0.717) is 5.69 Å². The molecule has 0 saturated heterocycles. The molecule has 178 valence electrons. The zero-order valence-electron chi connectivity index (χ0n) is 20.3. The fraction of sp³-hybridized carbons (Fsp3) is 0.310. The normalized spacial score (nSPS) is 11.4. The molecule has 0 spiro atoms. The van der Waals surface area contributed by atoms with Gasteiger partial charge in [-0.25, -0.2) is 4.79 Å². The van der Waals surface area contributed by atoms with E-state index in [1.165, 1.54) is 31.8 Å². The van der Waals surface area contributed by atoms with E-state index in [9.17, 15) is 14.7 Å². The van der Waals surface area contributed by atoms with Gasteiger partial charge in [-0.1, -0.05) is 69.0 Å². The summed E-state index contributed by atoms with van der Waals surface area (Å²) in [5.41, 5.74) is 2.96. The third-order valence-corrected chi connectivity index (χ3v) is 6.08. The molecule has 0 fully saturated rings. The number of nitrogens with zero attached hydrogens (tertiary/aromatic N) is 1. The Bertz CT molecular complexity index is 1180. The SMILES string of the molecule is CCCCCCCN(C)c1ccc(NC(=O)/C=C(/C)c2ccc3ccccc3c2)c(C(=O)O)c1. The predicted octanol–water partition coefficient (Wildman–Crippen LogP) is 6.99. The molecule has 0 aliphatic rings. The molecule has 3 aromatic rings. The number of benzene rings is 3. The Hall–Kier alpha value is -3.60. The summed E-state index contributed by atoms with van der Waals surface area (Å²) >= 11 is 0. The lowest BCUT2D eigenvalue weighted by molar-refractivity contribution is -0.111. The van der Waals surface area contributed by atoms with E-state index in [-0.39, 0.29) is 11.5 Å².